The average molecular weight is 340 g/mol. The van der Waals surface area contributed by atoms with Crippen LogP contribution in [0.2, 0.25) is 0 Å². The number of anilines is 2. The Hall–Kier alpha value is -2.90. The van der Waals surface area contributed by atoms with E-state index in [0.717, 1.165) is 30.0 Å². The van der Waals surface area contributed by atoms with Crippen molar-refractivity contribution < 1.29 is 9.21 Å². The molecule has 1 aliphatic heterocycles. The zero-order chi connectivity index (χ0) is 17.6. The standard InChI is InChI=1S/C17H20N6O2/c1-10-20-21-15-7-4-11(9-23(10)15)16(24)18-12-5-6-13-14(8-12)25-17(19-13)22(2)3/h5-6,8,11H,4,7,9H2,1-3H3,(H,18,24)/t11-/m1/s1. The largest absolute Gasteiger partial charge is 0.423 e. The van der Waals surface area contributed by atoms with E-state index in [9.17, 15) is 4.79 Å². The molecule has 25 heavy (non-hydrogen) atoms. The molecule has 2 aromatic heterocycles. The second-order valence-electron chi connectivity index (χ2n) is 6.57. The average Bonchev–Trinajstić information content (AvgIpc) is 3.18. The Labute approximate surface area is 144 Å². The first-order valence-corrected chi connectivity index (χ1v) is 8.29. The number of nitrogens with zero attached hydrogens (tertiary/aromatic N) is 5. The van der Waals surface area contributed by atoms with E-state index in [1.54, 1.807) is 4.90 Å². The number of oxazole rings is 1. The smallest absolute Gasteiger partial charge is 0.297 e. The maximum absolute atomic E-state index is 12.6. The van der Waals surface area contributed by atoms with Gasteiger partial charge in [-0.15, -0.1) is 10.2 Å². The molecule has 0 bridgehead atoms. The first-order valence-electron chi connectivity index (χ1n) is 8.29. The fraction of sp³-hybridized carbons (Fsp3) is 0.412. The summed E-state index contributed by atoms with van der Waals surface area (Å²) in [6.45, 7) is 2.53. The van der Waals surface area contributed by atoms with Crippen LogP contribution in [0.25, 0.3) is 11.1 Å². The molecular weight excluding hydrogens is 320 g/mol. The Morgan fingerprint density at radius 2 is 2.20 bits per heavy atom. The Kier molecular flexibility index (Phi) is 3.67. The van der Waals surface area contributed by atoms with Crippen molar-refractivity contribution in [1.82, 2.24) is 19.7 Å². The summed E-state index contributed by atoms with van der Waals surface area (Å²) in [5.41, 5.74) is 2.14. The summed E-state index contributed by atoms with van der Waals surface area (Å²) in [5.74, 6) is 1.73. The number of hydrogen-bond acceptors (Lipinski definition) is 6. The summed E-state index contributed by atoms with van der Waals surface area (Å²) >= 11 is 0. The number of amides is 1. The third-order valence-electron chi connectivity index (χ3n) is 4.53. The highest BCUT2D eigenvalue weighted by atomic mass is 16.4. The topological polar surface area (TPSA) is 89.1 Å². The fourth-order valence-corrected chi connectivity index (χ4v) is 3.10. The molecule has 8 nitrogen and oxygen atoms in total. The van der Waals surface area contributed by atoms with Crippen molar-refractivity contribution in [3.05, 3.63) is 29.8 Å². The van der Waals surface area contributed by atoms with Gasteiger partial charge in [0.2, 0.25) is 5.91 Å². The molecule has 3 aromatic rings. The summed E-state index contributed by atoms with van der Waals surface area (Å²) in [4.78, 5) is 18.8. The van der Waals surface area contributed by atoms with Gasteiger partial charge in [0.1, 0.15) is 17.2 Å². The minimum Gasteiger partial charge on any atom is -0.423 e. The Morgan fingerprint density at radius 3 is 3.00 bits per heavy atom. The number of aryl methyl sites for hydroxylation is 2. The van der Waals surface area contributed by atoms with E-state index in [2.05, 4.69) is 20.5 Å². The monoisotopic (exact) mass is 340 g/mol. The van der Waals surface area contributed by atoms with Crippen molar-refractivity contribution >= 4 is 28.7 Å². The summed E-state index contributed by atoms with van der Waals surface area (Å²) in [7, 11) is 3.75. The molecule has 3 heterocycles. The van der Waals surface area contributed by atoms with Crippen LogP contribution in [0.3, 0.4) is 0 Å². The fourth-order valence-electron chi connectivity index (χ4n) is 3.10. The molecule has 0 aliphatic carbocycles. The SMILES string of the molecule is Cc1nnc2n1C[C@H](C(=O)Nc1ccc3nc(N(C)C)oc3c1)CC2. The van der Waals surface area contributed by atoms with Crippen molar-refractivity contribution in [2.24, 2.45) is 5.92 Å². The molecule has 4 rings (SSSR count). The van der Waals surface area contributed by atoms with Crippen LogP contribution >= 0.6 is 0 Å². The van der Waals surface area contributed by atoms with E-state index in [4.69, 9.17) is 4.42 Å². The molecule has 0 saturated heterocycles. The molecule has 0 spiro atoms. The first-order chi connectivity index (χ1) is 12.0. The van der Waals surface area contributed by atoms with Crippen LogP contribution in [0.15, 0.2) is 22.6 Å². The number of benzene rings is 1. The molecule has 0 fully saturated rings. The molecule has 130 valence electrons. The maximum Gasteiger partial charge on any atom is 0.297 e. The van der Waals surface area contributed by atoms with Crippen LogP contribution < -0.4 is 10.2 Å². The molecule has 1 aliphatic rings. The Balaban J connectivity index is 1.51. The number of aromatic nitrogens is 4. The highest BCUT2D eigenvalue weighted by Gasteiger charge is 2.27. The Morgan fingerprint density at radius 1 is 1.36 bits per heavy atom. The third kappa shape index (κ3) is 2.84. The number of rotatable bonds is 3. The highest BCUT2D eigenvalue weighted by molar-refractivity contribution is 5.94. The van der Waals surface area contributed by atoms with Gasteiger partial charge in [-0.05, 0) is 25.5 Å². The van der Waals surface area contributed by atoms with Gasteiger partial charge in [-0.25, -0.2) is 0 Å². The molecule has 1 amide bonds. The lowest BCUT2D eigenvalue weighted by molar-refractivity contribution is -0.120. The number of hydrogen-bond donors (Lipinski definition) is 1. The van der Waals surface area contributed by atoms with E-state index in [1.165, 1.54) is 0 Å². The quantitative estimate of drug-likeness (QED) is 0.784. The number of carbonyl (C=O) groups is 1. The van der Waals surface area contributed by atoms with Crippen molar-refractivity contribution in [3.8, 4) is 0 Å². The molecule has 0 unspecified atom stereocenters. The summed E-state index contributed by atoms with van der Waals surface area (Å²) in [5, 5.41) is 11.2. The van der Waals surface area contributed by atoms with Gasteiger partial charge in [0, 0.05) is 38.8 Å². The van der Waals surface area contributed by atoms with Gasteiger partial charge in [0.05, 0.1) is 5.92 Å². The summed E-state index contributed by atoms with van der Waals surface area (Å²) in [6.07, 6.45) is 1.55. The molecule has 0 saturated carbocycles. The summed E-state index contributed by atoms with van der Waals surface area (Å²) < 4.78 is 7.72. The molecule has 8 heteroatoms. The van der Waals surface area contributed by atoms with E-state index < -0.39 is 0 Å². The Bertz CT molecular complexity index is 942. The van der Waals surface area contributed by atoms with Crippen LogP contribution in [0.5, 0.6) is 0 Å². The summed E-state index contributed by atoms with van der Waals surface area (Å²) in [6, 6.07) is 6.05. The predicted molar refractivity (Wildman–Crippen MR) is 93.5 cm³/mol. The van der Waals surface area contributed by atoms with E-state index >= 15 is 0 Å². The zero-order valence-electron chi connectivity index (χ0n) is 14.5. The van der Waals surface area contributed by atoms with Gasteiger partial charge < -0.3 is 19.2 Å². The molecule has 0 radical (unpaired) electrons. The number of nitrogens with one attached hydrogen (secondary N) is 1. The van der Waals surface area contributed by atoms with Gasteiger partial charge in [0.25, 0.3) is 6.01 Å². The molecule has 1 atom stereocenters. The van der Waals surface area contributed by atoms with E-state index in [-0.39, 0.29) is 11.8 Å². The lowest BCUT2D eigenvalue weighted by Gasteiger charge is -2.23. The van der Waals surface area contributed by atoms with E-state index in [0.29, 0.717) is 23.8 Å². The van der Waals surface area contributed by atoms with Crippen molar-refractivity contribution in [2.45, 2.75) is 26.3 Å². The van der Waals surface area contributed by atoms with Crippen LogP contribution in [0.4, 0.5) is 11.7 Å². The van der Waals surface area contributed by atoms with Crippen LogP contribution in [-0.4, -0.2) is 39.8 Å². The third-order valence-corrected chi connectivity index (χ3v) is 4.53. The minimum atomic E-state index is -0.0926. The molecular formula is C17H20N6O2. The van der Waals surface area contributed by atoms with Gasteiger partial charge in [-0.2, -0.15) is 4.98 Å². The van der Waals surface area contributed by atoms with Crippen molar-refractivity contribution in [1.29, 1.82) is 0 Å². The lowest BCUT2D eigenvalue weighted by Crippen LogP contribution is -2.31. The predicted octanol–water partition coefficient (Wildman–Crippen LogP) is 1.99. The second-order valence-corrected chi connectivity index (χ2v) is 6.57. The van der Waals surface area contributed by atoms with Crippen LogP contribution in [-0.2, 0) is 17.8 Å². The lowest BCUT2D eigenvalue weighted by atomic mass is 9.98. The normalized spacial score (nSPS) is 16.7. The minimum absolute atomic E-state index is 0.00504. The number of carbonyl (C=O) groups excluding carboxylic acids is 1. The van der Waals surface area contributed by atoms with Crippen LogP contribution in [0.1, 0.15) is 18.1 Å². The zero-order valence-corrected chi connectivity index (χ0v) is 14.5. The molecule has 1 aromatic carbocycles. The number of fused-ring (bicyclic) bond motifs is 2. The first kappa shape index (κ1) is 15.6. The van der Waals surface area contributed by atoms with Crippen molar-refractivity contribution in [2.75, 3.05) is 24.3 Å². The van der Waals surface area contributed by atoms with Crippen LogP contribution in [0, 0.1) is 12.8 Å². The van der Waals surface area contributed by atoms with E-state index in [1.807, 2.05) is 43.8 Å². The second kappa shape index (κ2) is 5.87. The van der Waals surface area contributed by atoms with Crippen molar-refractivity contribution in [3.63, 3.8) is 0 Å². The maximum atomic E-state index is 12.6. The van der Waals surface area contributed by atoms with Gasteiger partial charge in [0.15, 0.2) is 5.58 Å². The highest BCUT2D eigenvalue weighted by Crippen LogP contribution is 2.25. The van der Waals surface area contributed by atoms with Gasteiger partial charge >= 0.3 is 0 Å². The van der Waals surface area contributed by atoms with Gasteiger partial charge in [-0.3, -0.25) is 4.79 Å². The van der Waals surface area contributed by atoms with Gasteiger partial charge in [-0.1, -0.05) is 0 Å². The molecule has 1 N–H and O–H groups in total.